The summed E-state index contributed by atoms with van der Waals surface area (Å²) in [5.41, 5.74) is 5.90. The molecule has 3 aliphatic heterocycles. The fraction of sp³-hybridized carbons (Fsp3) is 0.469. The fourth-order valence-electron chi connectivity index (χ4n) is 6.36. The van der Waals surface area contributed by atoms with Crippen molar-refractivity contribution in [3.63, 3.8) is 0 Å². The molecular weight excluding hydrogens is 532 g/mol. The Bertz CT molecular complexity index is 1660. The van der Waals surface area contributed by atoms with Gasteiger partial charge in [0.15, 0.2) is 0 Å². The van der Waals surface area contributed by atoms with E-state index in [0.717, 1.165) is 78.1 Å². The minimum absolute atomic E-state index is 0.0619. The van der Waals surface area contributed by atoms with Crippen LogP contribution in [-0.4, -0.2) is 54.5 Å². The molecule has 3 fully saturated rings. The van der Waals surface area contributed by atoms with Gasteiger partial charge in [-0.15, -0.1) is 11.8 Å². The third-order valence-corrected chi connectivity index (χ3v) is 10.2. The summed E-state index contributed by atoms with van der Waals surface area (Å²) in [4.78, 5) is 31.5. The van der Waals surface area contributed by atoms with Gasteiger partial charge in [-0.2, -0.15) is 0 Å². The zero-order valence-electron chi connectivity index (χ0n) is 24.2. The number of fused-ring (bicyclic) bond motifs is 2. The van der Waals surface area contributed by atoms with Crippen LogP contribution in [0.15, 0.2) is 42.5 Å². The van der Waals surface area contributed by atoms with Crippen LogP contribution >= 0.6 is 11.8 Å². The topological polar surface area (TPSA) is 98.9 Å². The number of amides is 1. The molecule has 3 aliphatic rings. The summed E-state index contributed by atoms with van der Waals surface area (Å²) in [6, 6.07) is 12.8. The smallest absolute Gasteiger partial charge is 0.411 e. The zero-order valence-corrected chi connectivity index (χ0v) is 25.0. The maximum absolute atomic E-state index is 12.9. The predicted molar refractivity (Wildman–Crippen MR) is 165 cm³/mol. The molecule has 1 spiro atoms. The van der Waals surface area contributed by atoms with Crippen LogP contribution in [0.4, 0.5) is 4.79 Å². The van der Waals surface area contributed by atoms with Gasteiger partial charge in [-0.1, -0.05) is 24.3 Å². The number of carbonyl (C=O) groups is 1. The average Bonchev–Trinajstić information content (AvgIpc) is 3.42. The number of likely N-dealkylation sites (tertiary alicyclic amines) is 1. The number of benzene rings is 2. The summed E-state index contributed by atoms with van der Waals surface area (Å²) >= 11 is 1.81. The molecule has 2 aromatic carbocycles. The van der Waals surface area contributed by atoms with E-state index in [9.17, 15) is 4.79 Å². The summed E-state index contributed by atoms with van der Waals surface area (Å²) in [7, 11) is 0. The Hall–Kier alpha value is -3.30. The third-order valence-electron chi connectivity index (χ3n) is 8.54. The maximum atomic E-state index is 12.9. The van der Waals surface area contributed by atoms with Gasteiger partial charge >= 0.3 is 6.09 Å². The molecule has 214 valence electrons. The Labute approximate surface area is 244 Å². The van der Waals surface area contributed by atoms with Gasteiger partial charge in [-0.3, -0.25) is 4.90 Å². The molecule has 1 amide bonds. The van der Waals surface area contributed by atoms with Crippen molar-refractivity contribution in [1.29, 1.82) is 0 Å². The van der Waals surface area contributed by atoms with Crippen LogP contribution in [0, 0.1) is 0 Å². The van der Waals surface area contributed by atoms with E-state index in [-0.39, 0.29) is 21.8 Å². The first-order valence-electron chi connectivity index (χ1n) is 14.7. The predicted octanol–water partition coefficient (Wildman–Crippen LogP) is 6.81. The van der Waals surface area contributed by atoms with Gasteiger partial charge in [0.1, 0.15) is 22.1 Å². The molecule has 3 saturated heterocycles. The van der Waals surface area contributed by atoms with E-state index in [1.54, 1.807) is 0 Å². The molecule has 41 heavy (non-hydrogen) atoms. The number of aromatic amines is 2. The van der Waals surface area contributed by atoms with Crippen molar-refractivity contribution in [2.24, 2.45) is 0 Å². The Kier molecular flexibility index (Phi) is 6.24. The second-order valence-electron chi connectivity index (χ2n) is 12.9. The van der Waals surface area contributed by atoms with Crippen LogP contribution < -0.4 is 5.32 Å². The average molecular weight is 571 g/mol. The fourth-order valence-corrected chi connectivity index (χ4v) is 7.84. The maximum Gasteiger partial charge on any atom is 0.411 e. The van der Waals surface area contributed by atoms with Gasteiger partial charge in [0, 0.05) is 6.54 Å². The molecule has 3 N–H and O–H groups in total. The molecule has 2 aromatic heterocycles. The lowest BCUT2D eigenvalue weighted by molar-refractivity contribution is 0.0221. The molecule has 4 aromatic rings. The lowest BCUT2D eigenvalue weighted by atomic mass is 10.00. The van der Waals surface area contributed by atoms with Crippen LogP contribution in [0.3, 0.4) is 0 Å². The van der Waals surface area contributed by atoms with Crippen LogP contribution in [0.1, 0.15) is 81.4 Å². The molecule has 2 unspecified atom stereocenters. The number of aromatic nitrogens is 4. The van der Waals surface area contributed by atoms with Crippen LogP contribution in [0.2, 0.25) is 0 Å². The highest BCUT2D eigenvalue weighted by Crippen LogP contribution is 2.70. The number of nitrogens with zero attached hydrogens (tertiary/aromatic N) is 3. The van der Waals surface area contributed by atoms with Crippen molar-refractivity contribution in [1.82, 2.24) is 30.2 Å². The number of hydrogen-bond donors (Lipinski definition) is 3. The van der Waals surface area contributed by atoms with Gasteiger partial charge in [-0.05, 0) is 102 Å². The largest absolute Gasteiger partial charge is 0.444 e. The van der Waals surface area contributed by atoms with Gasteiger partial charge < -0.3 is 20.0 Å². The lowest BCUT2D eigenvalue weighted by Gasteiger charge is -2.28. The SMILES string of the molecule is CC(C)(C)OC(=O)N1CCC[C@@]12SC2c1nc2ccc(C/C=C/c3ccc4nc(C5(C)CCCN5)[nH]c4c3)cc2[nH]1. The molecule has 8 nitrogen and oxygen atoms in total. The number of allylic oxidation sites excluding steroid dienone is 1. The second-order valence-corrected chi connectivity index (χ2v) is 14.3. The number of thioether (sulfide) groups is 1. The van der Waals surface area contributed by atoms with E-state index >= 15 is 0 Å². The van der Waals surface area contributed by atoms with Crippen molar-refractivity contribution in [2.45, 2.75) is 81.1 Å². The Morgan fingerprint density at radius 2 is 1.90 bits per heavy atom. The van der Waals surface area contributed by atoms with E-state index in [1.807, 2.05) is 37.4 Å². The second kappa shape index (κ2) is 9.63. The molecule has 0 radical (unpaired) electrons. The summed E-state index contributed by atoms with van der Waals surface area (Å²) in [5.74, 6) is 1.97. The number of carbonyl (C=O) groups excluding carboxylic acids is 1. The summed E-state index contributed by atoms with van der Waals surface area (Å²) in [5, 5.41) is 3.74. The van der Waals surface area contributed by atoms with Crippen LogP contribution in [0.25, 0.3) is 28.1 Å². The standard InChI is InChI=1S/C32H38N6O2S/c1-30(2,3)40-29(39)38-17-7-15-32(38)26(41-32)27-34-22-12-10-20(18-24(22)35-27)8-5-9-21-11-13-23-25(19-21)37-28(36-23)31(4)14-6-16-33-31/h5,9-13,18-19,26,33H,6-8,14-17H2,1-4H3,(H,34,35)(H,36,37)/b9-5+/t26?,31?,32-/m0/s1. The Morgan fingerprint density at radius 1 is 1.10 bits per heavy atom. The molecule has 0 bridgehead atoms. The van der Waals surface area contributed by atoms with Crippen molar-refractivity contribution in [2.75, 3.05) is 13.1 Å². The normalized spacial score (nSPS) is 26.2. The first-order chi connectivity index (χ1) is 19.6. The Balaban J connectivity index is 1.03. The minimum atomic E-state index is -0.499. The van der Waals surface area contributed by atoms with Crippen molar-refractivity contribution < 1.29 is 9.53 Å². The summed E-state index contributed by atoms with van der Waals surface area (Å²) in [6.45, 7) is 9.76. The highest BCUT2D eigenvalue weighted by Gasteiger charge is 2.65. The van der Waals surface area contributed by atoms with E-state index < -0.39 is 5.60 Å². The van der Waals surface area contributed by atoms with Gasteiger partial charge in [0.05, 0.1) is 32.9 Å². The van der Waals surface area contributed by atoms with Gasteiger partial charge in [-0.25, -0.2) is 14.8 Å². The number of imidazole rings is 2. The first-order valence-corrected chi connectivity index (χ1v) is 15.6. The zero-order chi connectivity index (χ0) is 28.4. The van der Waals surface area contributed by atoms with E-state index in [2.05, 4.69) is 70.8 Å². The Morgan fingerprint density at radius 3 is 2.71 bits per heavy atom. The number of nitrogens with one attached hydrogen (secondary N) is 3. The molecular formula is C32H38N6O2S. The van der Waals surface area contributed by atoms with Crippen molar-refractivity contribution in [3.05, 3.63) is 65.2 Å². The number of H-pyrrole nitrogens is 2. The van der Waals surface area contributed by atoms with Crippen molar-refractivity contribution in [3.8, 4) is 0 Å². The lowest BCUT2D eigenvalue weighted by Crippen LogP contribution is -2.41. The van der Waals surface area contributed by atoms with Crippen molar-refractivity contribution >= 4 is 46.0 Å². The summed E-state index contributed by atoms with van der Waals surface area (Å²) < 4.78 is 5.70. The quantitative estimate of drug-likeness (QED) is 0.228. The minimum Gasteiger partial charge on any atom is -0.444 e. The summed E-state index contributed by atoms with van der Waals surface area (Å²) in [6.07, 6.45) is 9.23. The van der Waals surface area contributed by atoms with Gasteiger partial charge in [0.2, 0.25) is 0 Å². The molecule has 9 heteroatoms. The number of rotatable bonds is 5. The monoisotopic (exact) mass is 570 g/mol. The molecule has 3 atom stereocenters. The number of ether oxygens (including phenoxy) is 1. The van der Waals surface area contributed by atoms with Crippen LogP contribution in [0.5, 0.6) is 0 Å². The molecule has 5 heterocycles. The highest BCUT2D eigenvalue weighted by molar-refractivity contribution is 8.08. The van der Waals surface area contributed by atoms with E-state index in [1.165, 1.54) is 12.0 Å². The molecule has 0 saturated carbocycles. The van der Waals surface area contributed by atoms with E-state index in [4.69, 9.17) is 14.7 Å². The van der Waals surface area contributed by atoms with Gasteiger partial charge in [0.25, 0.3) is 0 Å². The van der Waals surface area contributed by atoms with E-state index in [0.29, 0.717) is 0 Å². The molecule has 0 aliphatic carbocycles. The van der Waals surface area contributed by atoms with Crippen LogP contribution in [-0.2, 0) is 16.7 Å². The highest BCUT2D eigenvalue weighted by atomic mass is 32.2. The molecule has 7 rings (SSSR count). The third kappa shape index (κ3) is 4.93. The first kappa shape index (κ1) is 26.6. The number of hydrogen-bond acceptors (Lipinski definition) is 6.